The molecule has 1 aromatic rings. The highest BCUT2D eigenvalue weighted by molar-refractivity contribution is 9.10. The van der Waals surface area contributed by atoms with Crippen molar-refractivity contribution < 1.29 is 4.79 Å². The van der Waals surface area contributed by atoms with Crippen molar-refractivity contribution in [1.29, 1.82) is 0 Å². The third kappa shape index (κ3) is 3.77. The van der Waals surface area contributed by atoms with Gasteiger partial charge in [-0.3, -0.25) is 4.79 Å². The summed E-state index contributed by atoms with van der Waals surface area (Å²) in [5.41, 5.74) is 7.56. The Labute approximate surface area is 135 Å². The first-order valence-corrected chi connectivity index (χ1v) is 8.18. The monoisotopic (exact) mass is 353 g/mol. The molecule has 1 unspecified atom stereocenters. The third-order valence-electron chi connectivity index (χ3n) is 4.15. The summed E-state index contributed by atoms with van der Waals surface area (Å²) in [6, 6.07) is 6.75. The van der Waals surface area contributed by atoms with Gasteiger partial charge in [-0.05, 0) is 37.1 Å². The normalized spacial score (nSPS) is 22.0. The molecule has 1 amide bonds. The number of hydrogen-bond donors (Lipinski definition) is 2. The number of halogens is 1. The summed E-state index contributed by atoms with van der Waals surface area (Å²) in [7, 11) is 0. The molecule has 1 aromatic carbocycles. The minimum absolute atomic E-state index is 0.205. The molecule has 1 aliphatic heterocycles. The number of rotatable bonds is 5. The lowest BCUT2D eigenvalue weighted by molar-refractivity contribution is -0.125. The zero-order valence-corrected chi connectivity index (χ0v) is 14.5. The molecule has 3 N–H and O–H groups in total. The summed E-state index contributed by atoms with van der Waals surface area (Å²) in [6.45, 7) is 8.61. The molecule has 5 heteroatoms. The van der Waals surface area contributed by atoms with Gasteiger partial charge in [-0.25, -0.2) is 0 Å². The number of primary amides is 1. The van der Waals surface area contributed by atoms with Crippen molar-refractivity contribution in [2.24, 2.45) is 11.1 Å². The number of nitrogens with two attached hydrogens (primary N) is 1. The largest absolute Gasteiger partial charge is 0.370 e. The van der Waals surface area contributed by atoms with Crippen molar-refractivity contribution in [2.45, 2.75) is 39.8 Å². The lowest BCUT2D eigenvalue weighted by atomic mass is 9.89. The van der Waals surface area contributed by atoms with Gasteiger partial charge < -0.3 is 16.0 Å². The van der Waals surface area contributed by atoms with E-state index in [-0.39, 0.29) is 5.91 Å². The molecule has 21 heavy (non-hydrogen) atoms. The Morgan fingerprint density at radius 2 is 2.24 bits per heavy atom. The molecule has 1 aliphatic rings. The molecular weight excluding hydrogens is 330 g/mol. The second-order valence-electron chi connectivity index (χ2n) is 6.41. The number of hydrogen-bond acceptors (Lipinski definition) is 3. The molecule has 0 aromatic heterocycles. The van der Waals surface area contributed by atoms with Crippen LogP contribution in [0.3, 0.4) is 0 Å². The van der Waals surface area contributed by atoms with Gasteiger partial charge in [0.2, 0.25) is 5.91 Å². The molecule has 2 rings (SSSR count). The highest BCUT2D eigenvalue weighted by Gasteiger charge is 2.39. The van der Waals surface area contributed by atoms with Gasteiger partial charge in [-0.2, -0.15) is 0 Å². The predicted octanol–water partition coefficient (Wildman–Crippen LogP) is 2.65. The zero-order chi connectivity index (χ0) is 15.6. The van der Waals surface area contributed by atoms with Gasteiger partial charge >= 0.3 is 0 Å². The maximum Gasteiger partial charge on any atom is 0.225 e. The van der Waals surface area contributed by atoms with Gasteiger partial charge in [0, 0.05) is 35.8 Å². The van der Waals surface area contributed by atoms with Crippen molar-refractivity contribution in [2.75, 3.05) is 18.0 Å². The zero-order valence-electron chi connectivity index (χ0n) is 12.9. The molecule has 1 saturated heterocycles. The van der Waals surface area contributed by atoms with E-state index in [0.717, 1.165) is 24.0 Å². The third-order valence-corrected chi connectivity index (χ3v) is 4.64. The molecule has 1 fully saturated rings. The van der Waals surface area contributed by atoms with E-state index in [0.29, 0.717) is 12.6 Å². The Morgan fingerprint density at radius 3 is 2.81 bits per heavy atom. The molecule has 1 heterocycles. The van der Waals surface area contributed by atoms with E-state index < -0.39 is 5.41 Å². The maximum absolute atomic E-state index is 11.6. The fourth-order valence-corrected chi connectivity index (χ4v) is 3.09. The van der Waals surface area contributed by atoms with Crippen molar-refractivity contribution in [3.8, 4) is 0 Å². The molecule has 0 radical (unpaired) electrons. The minimum atomic E-state index is -0.421. The van der Waals surface area contributed by atoms with Crippen molar-refractivity contribution >= 4 is 27.5 Å². The molecule has 4 nitrogen and oxygen atoms in total. The molecule has 0 saturated carbocycles. The number of benzene rings is 1. The van der Waals surface area contributed by atoms with Gasteiger partial charge in [0.1, 0.15) is 0 Å². The van der Waals surface area contributed by atoms with Crippen LogP contribution in [0.5, 0.6) is 0 Å². The van der Waals surface area contributed by atoms with Crippen molar-refractivity contribution in [3.05, 3.63) is 28.2 Å². The number of nitrogens with zero attached hydrogens (tertiary/aromatic N) is 1. The summed E-state index contributed by atoms with van der Waals surface area (Å²) in [5.74, 6) is -0.205. The van der Waals surface area contributed by atoms with Crippen molar-refractivity contribution in [3.63, 3.8) is 0 Å². The first-order chi connectivity index (χ1) is 9.82. The van der Waals surface area contributed by atoms with E-state index in [1.165, 1.54) is 11.3 Å². The number of carbonyl (C=O) groups excluding carboxylic acids is 1. The van der Waals surface area contributed by atoms with Gasteiger partial charge in [0.05, 0.1) is 5.41 Å². The lowest BCUT2D eigenvalue weighted by Crippen LogP contribution is -2.37. The minimum Gasteiger partial charge on any atom is -0.370 e. The Morgan fingerprint density at radius 1 is 1.52 bits per heavy atom. The van der Waals surface area contributed by atoms with Gasteiger partial charge in [0.25, 0.3) is 0 Å². The Kier molecular flexibility index (Phi) is 4.94. The van der Waals surface area contributed by atoms with Crippen LogP contribution in [0.1, 0.15) is 32.8 Å². The number of carbonyl (C=O) groups is 1. The summed E-state index contributed by atoms with van der Waals surface area (Å²) in [6.07, 6.45) is 0.815. The van der Waals surface area contributed by atoms with E-state index in [9.17, 15) is 4.79 Å². The van der Waals surface area contributed by atoms with Gasteiger partial charge in [-0.1, -0.05) is 29.8 Å². The van der Waals surface area contributed by atoms with E-state index in [2.05, 4.69) is 52.1 Å². The smallest absolute Gasteiger partial charge is 0.225 e. The van der Waals surface area contributed by atoms with Gasteiger partial charge in [-0.15, -0.1) is 0 Å². The number of nitrogens with one attached hydrogen (secondary N) is 1. The van der Waals surface area contributed by atoms with Gasteiger partial charge in [0.15, 0.2) is 0 Å². The molecule has 116 valence electrons. The van der Waals surface area contributed by atoms with Crippen LogP contribution in [0, 0.1) is 5.41 Å². The SMILES string of the molecule is CC(C)NCc1cc(Br)ccc1N1CCC(C)(C(N)=O)C1. The fourth-order valence-electron chi connectivity index (χ4n) is 2.69. The summed E-state index contributed by atoms with van der Waals surface area (Å²) >= 11 is 3.54. The summed E-state index contributed by atoms with van der Waals surface area (Å²) in [5, 5.41) is 3.46. The average Bonchev–Trinajstić information content (AvgIpc) is 2.80. The Bertz CT molecular complexity index is 532. The van der Waals surface area contributed by atoms with E-state index >= 15 is 0 Å². The van der Waals surface area contributed by atoms with Crippen molar-refractivity contribution in [1.82, 2.24) is 5.32 Å². The fraction of sp³-hybridized carbons (Fsp3) is 0.562. The first-order valence-electron chi connectivity index (χ1n) is 7.38. The van der Waals surface area contributed by atoms with Crippen LogP contribution in [0.2, 0.25) is 0 Å². The molecule has 0 spiro atoms. The van der Waals surface area contributed by atoms with E-state index in [1.807, 2.05) is 13.0 Å². The van der Waals surface area contributed by atoms with Crippen LogP contribution in [-0.4, -0.2) is 25.0 Å². The number of anilines is 1. The summed E-state index contributed by atoms with van der Waals surface area (Å²) < 4.78 is 1.07. The second-order valence-corrected chi connectivity index (χ2v) is 7.32. The van der Waals surface area contributed by atoms with Crippen LogP contribution >= 0.6 is 15.9 Å². The van der Waals surface area contributed by atoms with Crippen LogP contribution in [0.25, 0.3) is 0 Å². The standard InChI is InChI=1S/C16H24BrN3O/c1-11(2)19-9-12-8-13(17)4-5-14(12)20-7-6-16(3,10-20)15(18)21/h4-5,8,11,19H,6-7,9-10H2,1-3H3,(H2,18,21). The quantitative estimate of drug-likeness (QED) is 0.855. The van der Waals surface area contributed by atoms with E-state index in [1.54, 1.807) is 0 Å². The average molecular weight is 354 g/mol. The summed E-state index contributed by atoms with van der Waals surface area (Å²) in [4.78, 5) is 13.9. The predicted molar refractivity (Wildman–Crippen MR) is 90.2 cm³/mol. The first kappa shape index (κ1) is 16.3. The Balaban J connectivity index is 2.22. The topological polar surface area (TPSA) is 58.4 Å². The van der Waals surface area contributed by atoms with E-state index in [4.69, 9.17) is 5.73 Å². The molecule has 1 atom stereocenters. The highest BCUT2D eigenvalue weighted by atomic mass is 79.9. The molecular formula is C16H24BrN3O. The van der Waals surface area contributed by atoms with Crippen LogP contribution < -0.4 is 16.0 Å². The van der Waals surface area contributed by atoms with Crippen LogP contribution in [-0.2, 0) is 11.3 Å². The van der Waals surface area contributed by atoms with Crippen LogP contribution in [0.15, 0.2) is 22.7 Å². The number of amides is 1. The van der Waals surface area contributed by atoms with Crippen LogP contribution in [0.4, 0.5) is 5.69 Å². The lowest BCUT2D eigenvalue weighted by Gasteiger charge is -2.25. The maximum atomic E-state index is 11.6. The second kappa shape index (κ2) is 6.36. The highest BCUT2D eigenvalue weighted by Crippen LogP contribution is 2.35. The molecule has 0 bridgehead atoms. The molecule has 0 aliphatic carbocycles. The Hall–Kier alpha value is -1.07.